The summed E-state index contributed by atoms with van der Waals surface area (Å²) in [5.74, 6) is 2.36. The van der Waals surface area contributed by atoms with E-state index < -0.39 is 0 Å². The van der Waals surface area contributed by atoms with Crippen molar-refractivity contribution in [2.24, 2.45) is 0 Å². The van der Waals surface area contributed by atoms with Gasteiger partial charge in [-0.2, -0.15) is 0 Å². The predicted molar refractivity (Wildman–Crippen MR) is 113 cm³/mol. The fourth-order valence-electron chi connectivity index (χ4n) is 3.33. The topological polar surface area (TPSA) is 78.5 Å². The van der Waals surface area contributed by atoms with Crippen molar-refractivity contribution >= 4 is 16.9 Å². The molecule has 0 unspecified atom stereocenters. The molecule has 2 heterocycles. The second kappa shape index (κ2) is 9.17. The standard InChI is InChI=1S/C23H23N3O4/c1-28-19-9-4-5-10-20(19)30-16-14-26-18-8-3-2-7-17(18)25-22(26)12-13-24-23(27)21-11-6-15-29-21/h2-11,15H,12-14,16H2,1H3,(H,24,27). The number of nitrogens with one attached hydrogen (secondary N) is 1. The Labute approximate surface area is 174 Å². The van der Waals surface area contributed by atoms with Gasteiger partial charge in [0.05, 0.1) is 31.0 Å². The first-order valence-electron chi connectivity index (χ1n) is 9.78. The van der Waals surface area contributed by atoms with Crippen LogP contribution in [0, 0.1) is 0 Å². The molecule has 7 heteroatoms. The molecule has 0 aliphatic rings. The van der Waals surface area contributed by atoms with Gasteiger partial charge in [0, 0.05) is 13.0 Å². The molecule has 1 N–H and O–H groups in total. The number of hydrogen-bond acceptors (Lipinski definition) is 5. The number of carbonyl (C=O) groups is 1. The Morgan fingerprint density at radius 3 is 2.67 bits per heavy atom. The van der Waals surface area contributed by atoms with E-state index in [1.807, 2.05) is 48.5 Å². The van der Waals surface area contributed by atoms with Crippen molar-refractivity contribution in [3.05, 3.63) is 78.5 Å². The molecular weight excluding hydrogens is 382 g/mol. The van der Waals surface area contributed by atoms with E-state index in [0.29, 0.717) is 43.4 Å². The van der Waals surface area contributed by atoms with Crippen LogP contribution in [0.5, 0.6) is 11.5 Å². The minimum atomic E-state index is -0.234. The normalized spacial score (nSPS) is 10.8. The minimum Gasteiger partial charge on any atom is -0.493 e. The molecule has 4 rings (SSSR count). The lowest BCUT2D eigenvalue weighted by molar-refractivity contribution is 0.0926. The van der Waals surface area contributed by atoms with Crippen LogP contribution in [0.1, 0.15) is 16.4 Å². The Kier molecular flexibility index (Phi) is 5.98. The van der Waals surface area contributed by atoms with Gasteiger partial charge in [0.25, 0.3) is 5.91 Å². The van der Waals surface area contributed by atoms with E-state index in [1.165, 1.54) is 6.26 Å². The maximum absolute atomic E-state index is 12.1. The van der Waals surface area contributed by atoms with Crippen molar-refractivity contribution in [3.63, 3.8) is 0 Å². The van der Waals surface area contributed by atoms with Crippen LogP contribution in [-0.2, 0) is 13.0 Å². The molecule has 0 fully saturated rings. The molecule has 4 aromatic rings. The molecule has 0 saturated heterocycles. The van der Waals surface area contributed by atoms with Crippen LogP contribution < -0.4 is 14.8 Å². The van der Waals surface area contributed by atoms with E-state index >= 15 is 0 Å². The summed E-state index contributed by atoms with van der Waals surface area (Å²) in [6.07, 6.45) is 2.08. The first-order chi connectivity index (χ1) is 14.8. The van der Waals surface area contributed by atoms with E-state index in [4.69, 9.17) is 18.9 Å². The molecule has 7 nitrogen and oxygen atoms in total. The van der Waals surface area contributed by atoms with Crippen LogP contribution in [-0.4, -0.2) is 35.7 Å². The van der Waals surface area contributed by atoms with Crippen LogP contribution in [0.25, 0.3) is 11.0 Å². The Morgan fingerprint density at radius 2 is 1.87 bits per heavy atom. The van der Waals surface area contributed by atoms with Crippen molar-refractivity contribution in [2.45, 2.75) is 13.0 Å². The van der Waals surface area contributed by atoms with E-state index in [1.54, 1.807) is 19.2 Å². The average Bonchev–Trinajstić information content (AvgIpc) is 3.43. The van der Waals surface area contributed by atoms with Gasteiger partial charge in [0.2, 0.25) is 0 Å². The second-order valence-corrected chi connectivity index (χ2v) is 6.65. The smallest absolute Gasteiger partial charge is 0.286 e. The molecule has 0 radical (unpaired) electrons. The zero-order valence-electron chi connectivity index (χ0n) is 16.7. The molecule has 1 amide bonds. The maximum Gasteiger partial charge on any atom is 0.286 e. The number of ether oxygens (including phenoxy) is 2. The molecule has 0 aliphatic heterocycles. The van der Waals surface area contributed by atoms with Crippen LogP contribution in [0.4, 0.5) is 0 Å². The van der Waals surface area contributed by atoms with Gasteiger partial charge < -0.3 is 23.8 Å². The molecule has 154 valence electrons. The van der Waals surface area contributed by atoms with Crippen molar-refractivity contribution in [1.82, 2.24) is 14.9 Å². The van der Waals surface area contributed by atoms with E-state index in [9.17, 15) is 4.79 Å². The Bertz CT molecular complexity index is 1120. The molecule has 0 aliphatic carbocycles. The molecule has 2 aromatic carbocycles. The lowest BCUT2D eigenvalue weighted by atomic mass is 10.3. The first kappa shape index (κ1) is 19.6. The van der Waals surface area contributed by atoms with Gasteiger partial charge in [-0.05, 0) is 36.4 Å². The van der Waals surface area contributed by atoms with E-state index in [2.05, 4.69) is 9.88 Å². The number of methoxy groups -OCH3 is 1. The number of fused-ring (bicyclic) bond motifs is 1. The predicted octanol–water partition coefficient (Wildman–Crippen LogP) is 3.69. The maximum atomic E-state index is 12.1. The van der Waals surface area contributed by atoms with Crippen LogP contribution >= 0.6 is 0 Å². The summed E-state index contributed by atoms with van der Waals surface area (Å²) < 4.78 is 18.5. The molecule has 0 saturated carbocycles. The Morgan fingerprint density at radius 1 is 1.07 bits per heavy atom. The van der Waals surface area contributed by atoms with Gasteiger partial charge in [0.1, 0.15) is 12.4 Å². The quantitative estimate of drug-likeness (QED) is 0.459. The average molecular weight is 405 g/mol. The lowest BCUT2D eigenvalue weighted by Gasteiger charge is -2.13. The SMILES string of the molecule is COc1ccccc1OCCn1c(CCNC(=O)c2ccco2)nc2ccccc21. The number of hydrogen-bond donors (Lipinski definition) is 1. The summed E-state index contributed by atoms with van der Waals surface area (Å²) in [5, 5.41) is 2.87. The highest BCUT2D eigenvalue weighted by Gasteiger charge is 2.13. The van der Waals surface area contributed by atoms with Crippen molar-refractivity contribution in [3.8, 4) is 11.5 Å². The highest BCUT2D eigenvalue weighted by atomic mass is 16.5. The summed E-state index contributed by atoms with van der Waals surface area (Å²) in [5.41, 5.74) is 1.95. The van der Waals surface area contributed by atoms with Crippen molar-refractivity contribution in [2.75, 3.05) is 20.3 Å². The van der Waals surface area contributed by atoms with Crippen molar-refractivity contribution < 1.29 is 18.7 Å². The molecule has 30 heavy (non-hydrogen) atoms. The summed E-state index contributed by atoms with van der Waals surface area (Å²) in [6.45, 7) is 1.54. The number of aromatic nitrogens is 2. The number of nitrogens with zero attached hydrogens (tertiary/aromatic N) is 2. The van der Waals surface area contributed by atoms with Crippen molar-refractivity contribution in [1.29, 1.82) is 0 Å². The third kappa shape index (κ3) is 4.30. The fraction of sp³-hybridized carbons (Fsp3) is 0.217. The largest absolute Gasteiger partial charge is 0.493 e. The monoisotopic (exact) mass is 405 g/mol. The van der Waals surface area contributed by atoms with E-state index in [-0.39, 0.29) is 5.91 Å². The number of para-hydroxylation sites is 4. The van der Waals surface area contributed by atoms with Gasteiger partial charge in [-0.25, -0.2) is 4.98 Å². The number of rotatable bonds is 9. The number of benzene rings is 2. The Balaban J connectivity index is 1.44. The number of imidazole rings is 1. The summed E-state index contributed by atoms with van der Waals surface area (Å²) in [7, 11) is 1.63. The highest BCUT2D eigenvalue weighted by molar-refractivity contribution is 5.91. The summed E-state index contributed by atoms with van der Waals surface area (Å²) >= 11 is 0. The van der Waals surface area contributed by atoms with Gasteiger partial charge in [-0.1, -0.05) is 24.3 Å². The zero-order valence-corrected chi connectivity index (χ0v) is 16.7. The van der Waals surface area contributed by atoms with Gasteiger partial charge in [-0.15, -0.1) is 0 Å². The number of carbonyl (C=O) groups excluding carboxylic acids is 1. The van der Waals surface area contributed by atoms with Crippen LogP contribution in [0.15, 0.2) is 71.3 Å². The van der Waals surface area contributed by atoms with Gasteiger partial charge >= 0.3 is 0 Å². The van der Waals surface area contributed by atoms with Crippen LogP contribution in [0.2, 0.25) is 0 Å². The molecule has 0 atom stereocenters. The van der Waals surface area contributed by atoms with Gasteiger partial charge in [-0.3, -0.25) is 4.79 Å². The summed E-state index contributed by atoms with van der Waals surface area (Å²) in [4.78, 5) is 16.8. The van der Waals surface area contributed by atoms with Gasteiger partial charge in [0.15, 0.2) is 17.3 Å². The number of amides is 1. The summed E-state index contributed by atoms with van der Waals surface area (Å²) in [6, 6.07) is 18.9. The van der Waals surface area contributed by atoms with E-state index in [0.717, 1.165) is 16.9 Å². The second-order valence-electron chi connectivity index (χ2n) is 6.65. The molecular formula is C23H23N3O4. The number of furan rings is 1. The fourth-order valence-corrected chi connectivity index (χ4v) is 3.33. The third-order valence-corrected chi connectivity index (χ3v) is 4.75. The highest BCUT2D eigenvalue weighted by Crippen LogP contribution is 2.26. The minimum absolute atomic E-state index is 0.234. The molecule has 2 aromatic heterocycles. The zero-order chi connectivity index (χ0) is 20.8. The third-order valence-electron chi connectivity index (χ3n) is 4.75. The molecule has 0 bridgehead atoms. The first-order valence-corrected chi connectivity index (χ1v) is 9.78. The van der Waals surface area contributed by atoms with Crippen LogP contribution in [0.3, 0.4) is 0 Å². The Hall–Kier alpha value is -3.74. The molecule has 0 spiro atoms. The lowest BCUT2D eigenvalue weighted by Crippen LogP contribution is -2.26.